The summed E-state index contributed by atoms with van der Waals surface area (Å²) in [6.07, 6.45) is 22.4. The van der Waals surface area contributed by atoms with E-state index in [4.69, 9.17) is 24.8 Å². The fourth-order valence-electron chi connectivity index (χ4n) is 6.72. The average Bonchev–Trinajstić information content (AvgIpc) is 3.29. The van der Waals surface area contributed by atoms with Crippen LogP contribution in [0.1, 0.15) is 152 Å². The number of ether oxygens (including phenoxy) is 3. The number of piperidine rings is 1. The number of nitrogens with zero attached hydrogens (tertiary/aromatic N) is 1. The second-order valence-corrected chi connectivity index (χ2v) is 17.0. The Morgan fingerprint density at radius 1 is 0.875 bits per heavy atom. The largest absolute Gasteiger partial charge is 0.468 e. The van der Waals surface area contributed by atoms with Crippen LogP contribution < -0.4 is 0 Å². The number of rotatable bonds is 18. The van der Waals surface area contributed by atoms with Gasteiger partial charge in [0.2, 0.25) is 5.79 Å². The predicted molar refractivity (Wildman–Crippen MR) is 253 cm³/mol. The van der Waals surface area contributed by atoms with Gasteiger partial charge in [0, 0.05) is 52.7 Å². The number of carbonyl (C=O) groups excluding carboxylic acids is 5. The van der Waals surface area contributed by atoms with Gasteiger partial charge in [0.05, 0.1) is 19.3 Å². The number of allylic oxidation sites excluding steroid dienone is 7. The molecule has 2 saturated heterocycles. The maximum atomic E-state index is 12.8. The Kier molecular flexibility index (Phi) is 40.5. The summed E-state index contributed by atoms with van der Waals surface area (Å²) < 4.78 is 14.8. The Hall–Kier alpha value is -3.37. The molecule has 0 radical (unpaired) electrons. The molecule has 372 valence electrons. The van der Waals surface area contributed by atoms with Gasteiger partial charge >= 0.3 is 0 Å². The quantitative estimate of drug-likeness (QED) is 0.0399. The molecule has 1 saturated carbocycles. The Morgan fingerprint density at radius 2 is 1.48 bits per heavy atom. The summed E-state index contributed by atoms with van der Waals surface area (Å²) in [5, 5.41) is 43.5. The Bertz CT molecular complexity index is 1380. The number of amides is 1. The molecule has 0 aromatic rings. The third kappa shape index (κ3) is 30.0. The Morgan fingerprint density at radius 3 is 1.94 bits per heavy atom. The lowest BCUT2D eigenvalue weighted by atomic mass is 9.88. The van der Waals surface area contributed by atoms with Crippen molar-refractivity contribution in [1.29, 1.82) is 0 Å². The van der Waals surface area contributed by atoms with Crippen molar-refractivity contribution in [3.05, 3.63) is 47.6 Å². The minimum Gasteiger partial charge on any atom is -0.468 e. The Balaban J connectivity index is -0.000000868. The molecule has 6 atom stereocenters. The van der Waals surface area contributed by atoms with Crippen LogP contribution >= 0.6 is 0 Å². The predicted octanol–water partition coefficient (Wildman–Crippen LogP) is 7.18. The molecule has 3 rings (SSSR count). The van der Waals surface area contributed by atoms with E-state index >= 15 is 0 Å². The van der Waals surface area contributed by atoms with Crippen molar-refractivity contribution in [2.45, 2.75) is 182 Å². The summed E-state index contributed by atoms with van der Waals surface area (Å²) >= 11 is 0. The molecule has 0 aromatic carbocycles. The number of Topliss-reactive ketones (excluding diaryl/α,β-unsaturated/α-hetero) is 3. The molecule has 14 heteroatoms. The molecule has 14 nitrogen and oxygen atoms in total. The summed E-state index contributed by atoms with van der Waals surface area (Å²) in [7, 11) is 3.43. The van der Waals surface area contributed by atoms with E-state index in [2.05, 4.69) is 37.7 Å². The SMILES string of the molecule is CC(C)COC=O.CC/C(C)=C/C=C/C=C/[C@@H](C)CC(C)C(=O)[C@H](OC)C(O)/C(C)=C/CC(C)=O.CC1CCCCN1C(=O)C(=O)C1(O)CCCCO1.CO.CO.OC1CCCCC1. The molecule has 5 N–H and O–H groups in total. The molecular weight excluding hydrogens is 823 g/mol. The molecule has 3 aliphatic rings. The molecule has 1 amide bonds. The van der Waals surface area contributed by atoms with E-state index < -0.39 is 29.7 Å². The van der Waals surface area contributed by atoms with E-state index in [0.717, 1.165) is 59.2 Å². The van der Waals surface area contributed by atoms with Crippen molar-refractivity contribution >= 4 is 29.7 Å². The molecule has 0 bridgehead atoms. The smallest absolute Gasteiger partial charge is 0.296 e. The number of ketones is 3. The van der Waals surface area contributed by atoms with Crippen molar-refractivity contribution in [2.24, 2.45) is 17.8 Å². The summed E-state index contributed by atoms with van der Waals surface area (Å²) in [6, 6.07) is 0.0717. The van der Waals surface area contributed by atoms with Crippen molar-refractivity contribution in [3.8, 4) is 0 Å². The number of carbonyl (C=O) groups is 5. The maximum absolute atomic E-state index is 12.8. The first-order valence-electron chi connectivity index (χ1n) is 23.1. The molecule has 64 heavy (non-hydrogen) atoms. The maximum Gasteiger partial charge on any atom is 0.296 e. The number of likely N-dealkylation sites (tertiary alicyclic amines) is 1. The first kappa shape index (κ1) is 64.9. The minimum absolute atomic E-state index is 0.00946. The van der Waals surface area contributed by atoms with Gasteiger partial charge in [0.15, 0.2) is 5.78 Å². The normalized spacial score (nSPS) is 21.0. The summed E-state index contributed by atoms with van der Waals surface area (Å²) in [4.78, 5) is 59.2. The van der Waals surface area contributed by atoms with Gasteiger partial charge < -0.3 is 44.6 Å². The topological polar surface area (TPSA) is 217 Å². The van der Waals surface area contributed by atoms with E-state index in [1.54, 1.807) is 17.9 Å². The lowest BCUT2D eigenvalue weighted by molar-refractivity contribution is -0.220. The van der Waals surface area contributed by atoms with Crippen LogP contribution in [-0.2, 0) is 38.2 Å². The first-order valence-corrected chi connectivity index (χ1v) is 23.1. The van der Waals surface area contributed by atoms with E-state index in [-0.39, 0.29) is 48.4 Å². The van der Waals surface area contributed by atoms with Crippen LogP contribution in [-0.4, -0.2) is 131 Å². The van der Waals surface area contributed by atoms with Gasteiger partial charge in [0.1, 0.15) is 18.0 Å². The lowest BCUT2D eigenvalue weighted by Crippen LogP contribution is -2.54. The van der Waals surface area contributed by atoms with E-state index in [1.165, 1.54) is 38.9 Å². The number of hydrogen-bond acceptors (Lipinski definition) is 13. The van der Waals surface area contributed by atoms with Gasteiger partial charge in [-0.2, -0.15) is 0 Å². The molecule has 4 unspecified atom stereocenters. The van der Waals surface area contributed by atoms with Crippen molar-refractivity contribution < 1.29 is 63.7 Å². The van der Waals surface area contributed by atoms with Gasteiger partial charge in [-0.3, -0.25) is 24.0 Å². The highest BCUT2D eigenvalue weighted by Gasteiger charge is 2.45. The zero-order valence-electron chi connectivity index (χ0n) is 41.6. The summed E-state index contributed by atoms with van der Waals surface area (Å²) in [6.45, 7) is 19.2. The van der Waals surface area contributed by atoms with Crippen LogP contribution in [0.2, 0.25) is 0 Å². The van der Waals surface area contributed by atoms with Crippen molar-refractivity contribution in [2.75, 3.05) is 41.1 Å². The summed E-state index contributed by atoms with van der Waals surface area (Å²) in [5.74, 6) is -2.95. The number of aliphatic hydroxyl groups excluding tert-OH is 4. The number of hydrogen-bond donors (Lipinski definition) is 5. The average molecular weight is 912 g/mol. The molecule has 3 fully saturated rings. The highest BCUT2D eigenvalue weighted by atomic mass is 16.6. The summed E-state index contributed by atoms with van der Waals surface area (Å²) in [5.41, 5.74) is 1.91. The second kappa shape index (κ2) is 39.9. The van der Waals surface area contributed by atoms with Crippen molar-refractivity contribution in [3.63, 3.8) is 0 Å². The highest BCUT2D eigenvalue weighted by molar-refractivity contribution is 6.38. The second-order valence-electron chi connectivity index (χ2n) is 17.0. The Labute approximate surface area is 386 Å². The van der Waals surface area contributed by atoms with E-state index in [9.17, 15) is 34.2 Å². The van der Waals surface area contributed by atoms with Gasteiger partial charge in [-0.25, -0.2) is 0 Å². The van der Waals surface area contributed by atoms with Gasteiger partial charge in [-0.15, -0.1) is 0 Å². The standard InChI is InChI=1S/C24H38O4.C13H21NO4.C6H12O.C5H10O2.2CH4O/c1-8-17(2)12-10-9-11-13-18(3)16-20(5)23(27)24(28-7)22(26)19(4)14-15-21(6)25;1-10-6-2-4-8-14(10)12(16)11(15)13(17)7-3-5-9-18-13;7-6-4-2-1-3-5-6;1-5(2)3-7-4-6;2*1-2/h9-14,18,20,22,24,26H,8,15-16H2,1-7H3;10,17H,2-9H2,1H3;6-7H,1-5H2;4-5H,3H2,1-2H3;2*2H,1H3/b10-9+,13-11+,17-12+,19-14+;;;;;/t18-,20?,22?,24-;;;;;/m1...../s1. The van der Waals surface area contributed by atoms with Crippen LogP contribution in [0.5, 0.6) is 0 Å². The zero-order chi connectivity index (χ0) is 49.7. The fraction of sp³-hybridized carbons (Fsp3) is 0.740. The van der Waals surface area contributed by atoms with Gasteiger partial charge in [0.25, 0.3) is 18.2 Å². The molecule has 0 aromatic heterocycles. The van der Waals surface area contributed by atoms with Crippen LogP contribution in [0.3, 0.4) is 0 Å². The lowest BCUT2D eigenvalue weighted by Gasteiger charge is -2.36. The first-order chi connectivity index (χ1) is 30.3. The number of methoxy groups -OCH3 is 1. The molecule has 2 heterocycles. The highest BCUT2D eigenvalue weighted by Crippen LogP contribution is 2.26. The molecule has 0 spiro atoms. The fourth-order valence-corrected chi connectivity index (χ4v) is 6.72. The van der Waals surface area contributed by atoms with Crippen LogP contribution in [0, 0.1) is 17.8 Å². The van der Waals surface area contributed by atoms with Crippen LogP contribution in [0.15, 0.2) is 47.6 Å². The molecule has 1 aliphatic carbocycles. The molecular formula is C50H89NO13. The van der Waals surface area contributed by atoms with Gasteiger partial charge in [-0.05, 0) is 103 Å². The molecule has 2 aliphatic heterocycles. The zero-order valence-corrected chi connectivity index (χ0v) is 41.6. The minimum atomic E-state index is -1.88. The third-order valence-corrected chi connectivity index (χ3v) is 10.7. The van der Waals surface area contributed by atoms with Gasteiger partial charge in [-0.1, -0.05) is 95.9 Å². The van der Waals surface area contributed by atoms with Crippen molar-refractivity contribution in [1.82, 2.24) is 4.90 Å². The number of aliphatic hydroxyl groups is 5. The third-order valence-electron chi connectivity index (χ3n) is 10.7. The van der Waals surface area contributed by atoms with Crippen LogP contribution in [0.25, 0.3) is 0 Å². The van der Waals surface area contributed by atoms with Crippen LogP contribution in [0.4, 0.5) is 0 Å². The van der Waals surface area contributed by atoms with E-state index in [0.29, 0.717) is 50.6 Å². The van der Waals surface area contributed by atoms with E-state index in [1.807, 2.05) is 45.9 Å². The monoisotopic (exact) mass is 912 g/mol.